The molecule has 2 aliphatic heterocycles. The molecule has 2 fully saturated rings. The van der Waals surface area contributed by atoms with E-state index in [4.69, 9.17) is 4.99 Å². The number of aliphatic imine (C=N–C) groups is 1. The Morgan fingerprint density at radius 2 is 2.00 bits per heavy atom. The predicted molar refractivity (Wildman–Crippen MR) is 103 cm³/mol. The minimum Gasteiger partial charge on any atom is -0.387 e. The molecule has 1 unspecified atom stereocenters. The number of piperazine rings is 1. The summed E-state index contributed by atoms with van der Waals surface area (Å²) in [5.74, 6) is 2.46. The first-order valence-corrected chi connectivity index (χ1v) is 10.1. The van der Waals surface area contributed by atoms with Crippen LogP contribution in [-0.2, 0) is 0 Å². The quantitative estimate of drug-likeness (QED) is 0.628. The second-order valence-corrected chi connectivity index (χ2v) is 7.75. The maximum atomic E-state index is 13.1. The van der Waals surface area contributed by atoms with E-state index in [0.717, 1.165) is 62.3 Å². The lowest BCUT2D eigenvalue weighted by Gasteiger charge is -2.38. The van der Waals surface area contributed by atoms with Gasteiger partial charge in [0.25, 0.3) is 0 Å². The van der Waals surface area contributed by atoms with Gasteiger partial charge in [0.05, 0.1) is 12.1 Å². The van der Waals surface area contributed by atoms with Crippen molar-refractivity contribution in [2.45, 2.75) is 18.9 Å². The van der Waals surface area contributed by atoms with Crippen molar-refractivity contribution in [1.29, 1.82) is 0 Å². The van der Waals surface area contributed by atoms with Crippen LogP contribution in [-0.4, -0.2) is 72.3 Å². The Bertz CT molecular complexity index is 581. The fourth-order valence-corrected chi connectivity index (χ4v) is 4.48. The van der Waals surface area contributed by atoms with Gasteiger partial charge in [-0.1, -0.05) is 0 Å². The molecule has 5 nitrogen and oxygen atoms in total. The third-order valence-electron chi connectivity index (χ3n) is 4.71. The van der Waals surface area contributed by atoms with Gasteiger partial charge < -0.3 is 20.2 Å². The number of aliphatic hydroxyl groups is 1. The highest BCUT2D eigenvalue weighted by molar-refractivity contribution is 7.99. The fraction of sp³-hybridized carbons (Fsp3) is 0.611. The summed E-state index contributed by atoms with van der Waals surface area (Å²) in [6.07, 6.45) is 0.818. The SMILES string of the molecule is CCNC(=NCC1(O)CCSC1)N1CCN(c2ccc(F)cc2)CC1. The van der Waals surface area contributed by atoms with Gasteiger partial charge in [0.1, 0.15) is 5.82 Å². The summed E-state index contributed by atoms with van der Waals surface area (Å²) < 4.78 is 13.1. The largest absolute Gasteiger partial charge is 0.387 e. The lowest BCUT2D eigenvalue weighted by Crippen LogP contribution is -2.53. The third kappa shape index (κ3) is 4.79. The van der Waals surface area contributed by atoms with Crippen LogP contribution in [0, 0.1) is 5.82 Å². The summed E-state index contributed by atoms with van der Waals surface area (Å²) in [4.78, 5) is 9.21. The molecule has 25 heavy (non-hydrogen) atoms. The molecule has 2 saturated heterocycles. The molecular weight excluding hydrogens is 339 g/mol. The summed E-state index contributed by atoms with van der Waals surface area (Å²) >= 11 is 1.79. The normalized spacial score (nSPS) is 24.7. The number of guanidine groups is 1. The van der Waals surface area contributed by atoms with Crippen molar-refractivity contribution < 1.29 is 9.50 Å². The Kier molecular flexibility index (Phi) is 6.06. The Hall–Kier alpha value is -1.47. The standard InChI is InChI=1S/C18H27FN4OS/c1-2-20-17(21-13-18(24)7-12-25-14-18)23-10-8-22(9-11-23)16-5-3-15(19)4-6-16/h3-6,24H,2,7-14H2,1H3,(H,20,21). The van der Waals surface area contributed by atoms with Gasteiger partial charge in [0.2, 0.25) is 0 Å². The molecule has 0 aromatic heterocycles. The number of nitrogens with one attached hydrogen (secondary N) is 1. The van der Waals surface area contributed by atoms with E-state index in [9.17, 15) is 9.50 Å². The maximum Gasteiger partial charge on any atom is 0.194 e. The second kappa shape index (κ2) is 8.27. The van der Waals surface area contributed by atoms with Crippen LogP contribution >= 0.6 is 11.8 Å². The predicted octanol–water partition coefficient (Wildman–Crippen LogP) is 1.78. The molecule has 2 aliphatic rings. The monoisotopic (exact) mass is 366 g/mol. The number of halogens is 1. The van der Waals surface area contributed by atoms with E-state index in [1.807, 2.05) is 12.1 Å². The van der Waals surface area contributed by atoms with Crippen LogP contribution in [0.3, 0.4) is 0 Å². The van der Waals surface area contributed by atoms with Crippen molar-refractivity contribution in [3.05, 3.63) is 30.1 Å². The smallest absolute Gasteiger partial charge is 0.194 e. The molecule has 0 amide bonds. The zero-order chi connectivity index (χ0) is 17.7. The first-order valence-electron chi connectivity index (χ1n) is 8.93. The highest BCUT2D eigenvalue weighted by atomic mass is 32.2. The van der Waals surface area contributed by atoms with E-state index in [-0.39, 0.29) is 5.82 Å². The van der Waals surface area contributed by atoms with Crippen LogP contribution in [0.5, 0.6) is 0 Å². The molecule has 2 N–H and O–H groups in total. The Balaban J connectivity index is 1.59. The molecule has 0 saturated carbocycles. The second-order valence-electron chi connectivity index (χ2n) is 6.65. The van der Waals surface area contributed by atoms with Crippen molar-refractivity contribution in [2.75, 3.05) is 55.7 Å². The van der Waals surface area contributed by atoms with E-state index in [1.54, 1.807) is 11.8 Å². The molecular formula is C18H27FN4OS. The van der Waals surface area contributed by atoms with Crippen molar-refractivity contribution in [2.24, 2.45) is 4.99 Å². The molecule has 0 aliphatic carbocycles. The molecule has 1 aromatic rings. The van der Waals surface area contributed by atoms with E-state index < -0.39 is 5.60 Å². The summed E-state index contributed by atoms with van der Waals surface area (Å²) in [5, 5.41) is 13.9. The van der Waals surface area contributed by atoms with Crippen LogP contribution in [0.1, 0.15) is 13.3 Å². The number of nitrogens with zero attached hydrogens (tertiary/aromatic N) is 3. The Morgan fingerprint density at radius 3 is 2.60 bits per heavy atom. The Morgan fingerprint density at radius 1 is 1.28 bits per heavy atom. The molecule has 138 valence electrons. The summed E-state index contributed by atoms with van der Waals surface area (Å²) in [6, 6.07) is 6.68. The fourth-order valence-electron chi connectivity index (χ4n) is 3.20. The first-order chi connectivity index (χ1) is 12.1. The van der Waals surface area contributed by atoms with Crippen LogP contribution in [0.15, 0.2) is 29.3 Å². The highest BCUT2D eigenvalue weighted by Gasteiger charge is 2.32. The van der Waals surface area contributed by atoms with Crippen molar-refractivity contribution in [3.8, 4) is 0 Å². The van der Waals surface area contributed by atoms with Crippen molar-refractivity contribution >= 4 is 23.4 Å². The summed E-state index contributed by atoms with van der Waals surface area (Å²) in [7, 11) is 0. The zero-order valence-corrected chi connectivity index (χ0v) is 15.6. The van der Waals surface area contributed by atoms with Crippen molar-refractivity contribution in [1.82, 2.24) is 10.2 Å². The van der Waals surface area contributed by atoms with Gasteiger partial charge in [0.15, 0.2) is 5.96 Å². The minimum absolute atomic E-state index is 0.202. The summed E-state index contributed by atoms with van der Waals surface area (Å²) in [5.41, 5.74) is 0.404. The average Bonchev–Trinajstić information content (AvgIpc) is 3.06. The van der Waals surface area contributed by atoms with Crippen LogP contribution in [0.2, 0.25) is 0 Å². The van der Waals surface area contributed by atoms with Gasteiger partial charge in [-0.25, -0.2) is 4.39 Å². The minimum atomic E-state index is -0.652. The summed E-state index contributed by atoms with van der Waals surface area (Å²) in [6.45, 7) is 6.79. The molecule has 0 radical (unpaired) electrons. The van der Waals surface area contributed by atoms with Gasteiger partial charge in [-0.2, -0.15) is 11.8 Å². The zero-order valence-electron chi connectivity index (χ0n) is 14.7. The van der Waals surface area contributed by atoms with Gasteiger partial charge >= 0.3 is 0 Å². The lowest BCUT2D eigenvalue weighted by molar-refractivity contribution is 0.0775. The topological polar surface area (TPSA) is 51.1 Å². The Labute approximate surface area is 153 Å². The number of anilines is 1. The van der Waals surface area contributed by atoms with Gasteiger partial charge in [-0.3, -0.25) is 4.99 Å². The van der Waals surface area contributed by atoms with Gasteiger partial charge in [0, 0.05) is 44.2 Å². The van der Waals surface area contributed by atoms with Crippen LogP contribution < -0.4 is 10.2 Å². The molecule has 1 aromatic carbocycles. The molecule has 7 heteroatoms. The van der Waals surface area contributed by atoms with Crippen molar-refractivity contribution in [3.63, 3.8) is 0 Å². The lowest BCUT2D eigenvalue weighted by atomic mass is 10.0. The van der Waals surface area contributed by atoms with Gasteiger partial charge in [-0.15, -0.1) is 0 Å². The first kappa shape index (κ1) is 18.3. The van der Waals surface area contributed by atoms with E-state index >= 15 is 0 Å². The average molecular weight is 367 g/mol. The number of rotatable bonds is 4. The van der Waals surface area contributed by atoms with E-state index in [2.05, 4.69) is 22.0 Å². The van der Waals surface area contributed by atoms with Gasteiger partial charge in [-0.05, 0) is 43.4 Å². The van der Waals surface area contributed by atoms with Crippen LogP contribution in [0.25, 0.3) is 0 Å². The van der Waals surface area contributed by atoms with E-state index in [0.29, 0.717) is 6.54 Å². The highest BCUT2D eigenvalue weighted by Crippen LogP contribution is 2.28. The third-order valence-corrected chi connectivity index (χ3v) is 5.95. The number of benzene rings is 1. The molecule has 3 rings (SSSR count). The maximum absolute atomic E-state index is 13.1. The van der Waals surface area contributed by atoms with E-state index in [1.165, 1.54) is 12.1 Å². The van der Waals surface area contributed by atoms with Crippen LogP contribution in [0.4, 0.5) is 10.1 Å². The molecule has 0 bridgehead atoms. The number of hydrogen-bond donors (Lipinski definition) is 2. The number of hydrogen-bond acceptors (Lipinski definition) is 4. The molecule has 2 heterocycles. The number of thioether (sulfide) groups is 1. The molecule has 1 atom stereocenters. The molecule has 0 spiro atoms.